The number of likely N-dealkylation sites (tertiary alicyclic amines) is 1. The van der Waals surface area contributed by atoms with Crippen LogP contribution in [0.2, 0.25) is 0 Å². The van der Waals surface area contributed by atoms with E-state index in [-0.39, 0.29) is 11.5 Å². The van der Waals surface area contributed by atoms with Gasteiger partial charge in [-0.1, -0.05) is 73.3 Å². The Kier molecular flexibility index (Phi) is 9.05. The third-order valence-corrected chi connectivity index (χ3v) is 8.05. The van der Waals surface area contributed by atoms with Crippen molar-refractivity contribution in [3.05, 3.63) is 125 Å². The van der Waals surface area contributed by atoms with Crippen LogP contribution in [-0.2, 0) is 0 Å². The standard InChI is InChI=1S/C34H33NO3S/c36-28-17-20-30-31(25-28)39-34(27-13-9-6-4-2-1-3-5-7-10-14-27)32(30)33(37)26-15-18-29(19-16-26)38-24-23-35-21-11-8-12-22-35/h1-7,9-10,13-20,25,36H,8,11-12,21-24H2. The molecule has 0 atom stereocenters. The van der Waals surface area contributed by atoms with Crippen LogP contribution in [0.1, 0.15) is 40.1 Å². The van der Waals surface area contributed by atoms with Crippen LogP contribution < -0.4 is 4.74 Å². The molecule has 1 saturated heterocycles. The quantitative estimate of drug-likeness (QED) is 0.313. The van der Waals surface area contributed by atoms with Gasteiger partial charge in [-0.05, 0) is 74.0 Å². The summed E-state index contributed by atoms with van der Waals surface area (Å²) in [6.07, 6.45) is 25.6. The molecular formula is C34H33NO3S. The molecule has 0 bridgehead atoms. The summed E-state index contributed by atoms with van der Waals surface area (Å²) < 4.78 is 6.85. The Hall–Kier alpha value is -3.93. The third-order valence-electron chi connectivity index (χ3n) is 6.84. The zero-order chi connectivity index (χ0) is 26.9. The predicted molar refractivity (Wildman–Crippen MR) is 163 cm³/mol. The smallest absolute Gasteiger partial charge is 0.195 e. The van der Waals surface area contributed by atoms with Gasteiger partial charge in [-0.15, -0.1) is 11.3 Å². The monoisotopic (exact) mass is 535 g/mol. The highest BCUT2D eigenvalue weighted by molar-refractivity contribution is 7.20. The maximum atomic E-state index is 14.0. The molecule has 39 heavy (non-hydrogen) atoms. The first-order valence-corrected chi connectivity index (χ1v) is 14.3. The number of carbonyl (C=O) groups excluding carboxylic acids is 1. The van der Waals surface area contributed by atoms with Gasteiger partial charge >= 0.3 is 0 Å². The molecule has 1 fully saturated rings. The molecule has 0 radical (unpaired) electrons. The molecule has 0 amide bonds. The molecule has 5 rings (SSSR count). The van der Waals surface area contributed by atoms with Gasteiger partial charge in [-0.25, -0.2) is 0 Å². The van der Waals surface area contributed by atoms with Crippen LogP contribution >= 0.6 is 11.3 Å². The van der Waals surface area contributed by atoms with Crippen molar-refractivity contribution in [3.8, 4) is 11.5 Å². The molecule has 2 aliphatic rings. The number of fused-ring (bicyclic) bond motifs is 1. The summed E-state index contributed by atoms with van der Waals surface area (Å²) in [5, 5.41) is 11.0. The molecule has 4 nitrogen and oxygen atoms in total. The fourth-order valence-corrected chi connectivity index (χ4v) is 6.05. The molecule has 2 aromatic carbocycles. The van der Waals surface area contributed by atoms with Gasteiger partial charge in [-0.2, -0.15) is 0 Å². The first-order valence-electron chi connectivity index (χ1n) is 13.5. The maximum Gasteiger partial charge on any atom is 0.195 e. The van der Waals surface area contributed by atoms with E-state index in [2.05, 4.69) is 4.90 Å². The average molecular weight is 536 g/mol. The third kappa shape index (κ3) is 6.94. The number of aromatic hydroxyl groups is 1. The molecule has 2 heterocycles. The fourth-order valence-electron chi connectivity index (χ4n) is 4.81. The van der Waals surface area contributed by atoms with Gasteiger partial charge < -0.3 is 9.84 Å². The zero-order valence-corrected chi connectivity index (χ0v) is 22.8. The number of carbonyl (C=O) groups is 1. The summed E-state index contributed by atoms with van der Waals surface area (Å²) in [5.41, 5.74) is 2.17. The number of hydrogen-bond acceptors (Lipinski definition) is 5. The Labute approximate surface area is 234 Å². The van der Waals surface area contributed by atoms with E-state index in [4.69, 9.17) is 4.74 Å². The van der Waals surface area contributed by atoms with Crippen molar-refractivity contribution in [2.75, 3.05) is 26.2 Å². The second kappa shape index (κ2) is 13.2. The molecule has 1 aliphatic carbocycles. The summed E-state index contributed by atoms with van der Waals surface area (Å²) in [5.74, 6) is 0.903. The molecule has 5 heteroatoms. The molecule has 1 aromatic heterocycles. The molecule has 0 unspecified atom stereocenters. The largest absolute Gasteiger partial charge is 0.508 e. The van der Waals surface area contributed by atoms with E-state index >= 15 is 0 Å². The van der Waals surface area contributed by atoms with Gasteiger partial charge in [-0.3, -0.25) is 9.69 Å². The first-order chi connectivity index (χ1) is 19.2. The van der Waals surface area contributed by atoms with Crippen LogP contribution in [-0.4, -0.2) is 42.0 Å². The van der Waals surface area contributed by atoms with Gasteiger partial charge in [0.1, 0.15) is 18.1 Å². The number of phenols is 1. The van der Waals surface area contributed by atoms with Crippen molar-refractivity contribution in [1.82, 2.24) is 4.90 Å². The minimum Gasteiger partial charge on any atom is -0.508 e. The van der Waals surface area contributed by atoms with Crippen molar-refractivity contribution in [3.63, 3.8) is 0 Å². The van der Waals surface area contributed by atoms with Crippen LogP contribution in [0.4, 0.5) is 0 Å². The van der Waals surface area contributed by atoms with E-state index in [0.29, 0.717) is 17.7 Å². The van der Waals surface area contributed by atoms with E-state index < -0.39 is 0 Å². The zero-order valence-electron chi connectivity index (χ0n) is 22.0. The van der Waals surface area contributed by atoms with Gasteiger partial charge in [0.2, 0.25) is 0 Å². The number of nitrogens with zero attached hydrogens (tertiary/aromatic N) is 1. The van der Waals surface area contributed by atoms with Crippen molar-refractivity contribution < 1.29 is 14.6 Å². The van der Waals surface area contributed by atoms with Crippen molar-refractivity contribution in [1.29, 1.82) is 0 Å². The van der Waals surface area contributed by atoms with Crippen molar-refractivity contribution >= 4 is 32.8 Å². The highest BCUT2D eigenvalue weighted by atomic mass is 32.1. The SMILES string of the molecule is O=C(c1ccc(OCCN2CCCCC2)cc1)c1c(C2=CC=CC=CC=CC=CC=C2)sc2cc(O)ccc12. The number of allylic oxidation sites excluding steroid dienone is 12. The minimum atomic E-state index is -0.0513. The number of piperidine rings is 1. The Morgan fingerprint density at radius 1 is 0.846 bits per heavy atom. The Bertz CT molecular complexity index is 1480. The van der Waals surface area contributed by atoms with E-state index in [9.17, 15) is 9.90 Å². The van der Waals surface area contributed by atoms with E-state index in [1.54, 1.807) is 12.1 Å². The molecule has 3 aromatic rings. The van der Waals surface area contributed by atoms with Gasteiger partial charge in [0.05, 0.1) is 0 Å². The summed E-state index contributed by atoms with van der Waals surface area (Å²) in [7, 11) is 0. The lowest BCUT2D eigenvalue weighted by atomic mass is 9.97. The fraction of sp³-hybridized carbons (Fsp3) is 0.206. The number of thiophene rings is 1. The number of rotatable bonds is 7. The van der Waals surface area contributed by atoms with Crippen molar-refractivity contribution in [2.24, 2.45) is 0 Å². The number of benzene rings is 2. The molecule has 198 valence electrons. The lowest BCUT2D eigenvalue weighted by Gasteiger charge is -2.26. The highest BCUT2D eigenvalue weighted by Gasteiger charge is 2.22. The number of phenolic OH excluding ortho intramolecular Hbond substituents is 1. The second-order valence-electron chi connectivity index (χ2n) is 9.61. The molecule has 0 saturated carbocycles. The summed E-state index contributed by atoms with van der Waals surface area (Å²) >= 11 is 1.51. The van der Waals surface area contributed by atoms with Crippen LogP contribution in [0.5, 0.6) is 11.5 Å². The number of ketones is 1. The second-order valence-corrected chi connectivity index (χ2v) is 10.7. The summed E-state index contributed by atoms with van der Waals surface area (Å²) in [4.78, 5) is 17.3. The lowest BCUT2D eigenvalue weighted by molar-refractivity contribution is 0.104. The predicted octanol–water partition coefficient (Wildman–Crippen LogP) is 7.88. The van der Waals surface area contributed by atoms with Crippen LogP contribution in [0, 0.1) is 0 Å². The van der Waals surface area contributed by atoms with Crippen LogP contribution in [0.25, 0.3) is 15.7 Å². The maximum absolute atomic E-state index is 14.0. The van der Waals surface area contributed by atoms with E-state index in [1.807, 2.05) is 97.2 Å². The normalized spacial score (nSPS) is 16.2. The Morgan fingerprint density at radius 3 is 2.28 bits per heavy atom. The van der Waals surface area contributed by atoms with Crippen LogP contribution in [0.3, 0.4) is 0 Å². The summed E-state index contributed by atoms with van der Waals surface area (Å²) in [6.45, 7) is 3.87. The average Bonchev–Trinajstić information content (AvgIpc) is 3.32. The first kappa shape index (κ1) is 26.7. The minimum absolute atomic E-state index is 0.0513. The molecular weight excluding hydrogens is 502 g/mol. The molecule has 1 N–H and O–H groups in total. The van der Waals surface area contributed by atoms with E-state index in [0.717, 1.165) is 45.9 Å². The molecule has 0 spiro atoms. The summed E-state index contributed by atoms with van der Waals surface area (Å²) in [6, 6.07) is 12.6. The van der Waals surface area contributed by atoms with E-state index in [1.165, 1.54) is 30.6 Å². The van der Waals surface area contributed by atoms with Gasteiger partial charge in [0.25, 0.3) is 0 Å². The molecule has 1 aliphatic heterocycles. The van der Waals surface area contributed by atoms with Gasteiger partial charge in [0, 0.05) is 32.6 Å². The van der Waals surface area contributed by atoms with Crippen molar-refractivity contribution in [2.45, 2.75) is 19.3 Å². The lowest BCUT2D eigenvalue weighted by Crippen LogP contribution is -2.33. The number of ether oxygens (including phenoxy) is 1. The Morgan fingerprint density at radius 2 is 1.54 bits per heavy atom. The highest BCUT2D eigenvalue weighted by Crippen LogP contribution is 2.39. The van der Waals surface area contributed by atoms with Gasteiger partial charge in [0.15, 0.2) is 5.78 Å². The topological polar surface area (TPSA) is 49.8 Å². The Balaban J connectivity index is 1.43. The van der Waals surface area contributed by atoms with Crippen LogP contribution in [0.15, 0.2) is 109 Å². The number of hydrogen-bond donors (Lipinski definition) is 1.